The van der Waals surface area contributed by atoms with Crippen LogP contribution < -0.4 is 5.32 Å². The van der Waals surface area contributed by atoms with Crippen molar-refractivity contribution in [1.29, 1.82) is 0 Å². The minimum atomic E-state index is -0.435. The second-order valence-electron chi connectivity index (χ2n) is 5.58. The highest BCUT2D eigenvalue weighted by Crippen LogP contribution is 2.10. The molecule has 2 heteroatoms. The summed E-state index contributed by atoms with van der Waals surface area (Å²) < 4.78 is 0. The maximum atomic E-state index is 10.5. The van der Waals surface area contributed by atoms with E-state index in [-0.39, 0.29) is 6.04 Å². The van der Waals surface area contributed by atoms with E-state index in [1.165, 1.54) is 5.56 Å². The monoisotopic (exact) mass is 307 g/mol. The van der Waals surface area contributed by atoms with Crippen molar-refractivity contribution in [1.82, 2.24) is 5.32 Å². The van der Waals surface area contributed by atoms with Gasteiger partial charge >= 0.3 is 0 Å². The number of aliphatic hydroxyl groups excluding tert-OH is 1. The van der Waals surface area contributed by atoms with Crippen LogP contribution in [0.4, 0.5) is 0 Å². The van der Waals surface area contributed by atoms with E-state index >= 15 is 0 Å². The van der Waals surface area contributed by atoms with Crippen LogP contribution >= 0.6 is 0 Å². The highest BCUT2D eigenvalue weighted by Gasteiger charge is 2.15. The third-order valence-corrected chi connectivity index (χ3v) is 3.78. The number of aryl methyl sites for hydroxylation is 1. The summed E-state index contributed by atoms with van der Waals surface area (Å²) in [5, 5.41) is 13.8. The topological polar surface area (TPSA) is 32.3 Å². The minimum absolute atomic E-state index is 0.0862. The van der Waals surface area contributed by atoms with Gasteiger partial charge in [-0.1, -0.05) is 78.9 Å². The second kappa shape index (κ2) is 9.78. The Morgan fingerprint density at radius 1 is 1.00 bits per heavy atom. The molecule has 0 aliphatic carbocycles. The number of hydrogen-bond donors (Lipinski definition) is 2. The Morgan fingerprint density at radius 2 is 1.65 bits per heavy atom. The number of nitrogens with one attached hydrogen (secondary N) is 1. The lowest BCUT2D eigenvalue weighted by Crippen LogP contribution is -2.38. The summed E-state index contributed by atoms with van der Waals surface area (Å²) in [7, 11) is 0. The molecular formula is C21H25NO. The van der Waals surface area contributed by atoms with Gasteiger partial charge in [-0.25, -0.2) is 0 Å². The smallest absolute Gasteiger partial charge is 0.0732 e. The van der Waals surface area contributed by atoms with Gasteiger partial charge in [-0.05, 0) is 24.0 Å². The van der Waals surface area contributed by atoms with Crippen LogP contribution in [-0.2, 0) is 6.42 Å². The van der Waals surface area contributed by atoms with E-state index in [9.17, 15) is 5.11 Å². The summed E-state index contributed by atoms with van der Waals surface area (Å²) in [6.07, 6.45) is 7.05. The highest BCUT2D eigenvalue weighted by atomic mass is 16.3. The summed E-state index contributed by atoms with van der Waals surface area (Å²) in [6, 6.07) is 20.3. The van der Waals surface area contributed by atoms with E-state index in [1.54, 1.807) is 0 Å². The van der Waals surface area contributed by atoms with Gasteiger partial charge in [-0.15, -0.1) is 6.58 Å². The van der Waals surface area contributed by atoms with Crippen LogP contribution in [0.25, 0.3) is 6.08 Å². The van der Waals surface area contributed by atoms with E-state index in [0.29, 0.717) is 6.54 Å². The molecule has 0 aliphatic rings. The van der Waals surface area contributed by atoms with Crippen molar-refractivity contribution < 1.29 is 5.11 Å². The molecule has 0 unspecified atom stereocenters. The summed E-state index contributed by atoms with van der Waals surface area (Å²) in [4.78, 5) is 0. The maximum Gasteiger partial charge on any atom is 0.0732 e. The molecule has 2 rings (SSSR count). The zero-order valence-electron chi connectivity index (χ0n) is 13.4. The molecule has 2 atom stereocenters. The van der Waals surface area contributed by atoms with Gasteiger partial charge in [-0.3, -0.25) is 0 Å². The first-order valence-electron chi connectivity index (χ1n) is 8.09. The molecule has 0 radical (unpaired) electrons. The van der Waals surface area contributed by atoms with Gasteiger partial charge in [0.05, 0.1) is 12.1 Å². The number of benzene rings is 2. The second-order valence-corrected chi connectivity index (χ2v) is 5.58. The fourth-order valence-corrected chi connectivity index (χ4v) is 2.47. The fraction of sp³-hybridized carbons (Fsp3) is 0.238. The average molecular weight is 307 g/mol. The maximum absolute atomic E-state index is 10.5. The van der Waals surface area contributed by atoms with Crippen LogP contribution in [0.15, 0.2) is 79.4 Å². The Bertz CT molecular complexity index is 592. The van der Waals surface area contributed by atoms with Gasteiger partial charge in [0.25, 0.3) is 0 Å². The van der Waals surface area contributed by atoms with E-state index < -0.39 is 6.10 Å². The summed E-state index contributed by atoms with van der Waals surface area (Å²) in [6.45, 7) is 4.41. The van der Waals surface area contributed by atoms with Gasteiger partial charge in [0, 0.05) is 6.54 Å². The first-order chi connectivity index (χ1) is 11.3. The normalized spacial score (nSPS) is 13.8. The largest absolute Gasteiger partial charge is 0.391 e. The Hall–Kier alpha value is -2.16. The van der Waals surface area contributed by atoms with E-state index in [2.05, 4.69) is 36.2 Å². The molecule has 2 N–H and O–H groups in total. The molecular weight excluding hydrogens is 282 g/mol. The zero-order chi connectivity index (χ0) is 16.3. The molecule has 2 aromatic rings. The Kier molecular flexibility index (Phi) is 7.31. The minimum Gasteiger partial charge on any atom is -0.391 e. The van der Waals surface area contributed by atoms with Crippen LogP contribution in [0.2, 0.25) is 0 Å². The third-order valence-electron chi connectivity index (χ3n) is 3.78. The van der Waals surface area contributed by atoms with Crippen molar-refractivity contribution in [2.75, 3.05) is 6.54 Å². The molecule has 0 amide bonds. The standard InChI is InChI=1S/C21H25NO/c1-2-17-22-20(15-13-18-9-5-3-6-10-18)21(23)16-14-19-11-7-4-8-12-19/h2-13,15,20-23H,1,14,16-17H2/b15-13+/t20-,21+/m0/s1. The van der Waals surface area contributed by atoms with Crippen molar-refractivity contribution in [2.45, 2.75) is 25.0 Å². The van der Waals surface area contributed by atoms with Gasteiger partial charge < -0.3 is 10.4 Å². The quantitative estimate of drug-likeness (QED) is 0.690. The van der Waals surface area contributed by atoms with Crippen molar-refractivity contribution in [3.63, 3.8) is 0 Å². The predicted octanol–water partition coefficient (Wildman–Crippen LogP) is 3.84. The molecule has 0 heterocycles. The van der Waals surface area contributed by atoms with Gasteiger partial charge in [0.15, 0.2) is 0 Å². The van der Waals surface area contributed by atoms with Crippen LogP contribution in [0.3, 0.4) is 0 Å². The molecule has 0 fully saturated rings. The molecule has 0 saturated heterocycles. The lowest BCUT2D eigenvalue weighted by molar-refractivity contribution is 0.138. The third kappa shape index (κ3) is 6.23. The first-order valence-corrected chi connectivity index (χ1v) is 8.09. The summed E-state index contributed by atoms with van der Waals surface area (Å²) in [5.41, 5.74) is 2.38. The van der Waals surface area contributed by atoms with Crippen molar-refractivity contribution in [3.05, 3.63) is 90.5 Å². The number of hydrogen-bond acceptors (Lipinski definition) is 2. The highest BCUT2D eigenvalue weighted by molar-refractivity contribution is 5.49. The van der Waals surface area contributed by atoms with Crippen molar-refractivity contribution in [2.24, 2.45) is 0 Å². The van der Waals surface area contributed by atoms with Crippen LogP contribution in [0.1, 0.15) is 17.5 Å². The number of aliphatic hydroxyl groups is 1. The summed E-state index contributed by atoms with van der Waals surface area (Å²) >= 11 is 0. The van der Waals surface area contributed by atoms with E-state index in [4.69, 9.17) is 0 Å². The van der Waals surface area contributed by atoms with Crippen LogP contribution in [0.5, 0.6) is 0 Å². The molecule has 0 bridgehead atoms. The molecule has 0 aliphatic heterocycles. The molecule has 2 nitrogen and oxygen atoms in total. The molecule has 0 aromatic heterocycles. The lowest BCUT2D eigenvalue weighted by atomic mass is 10.0. The predicted molar refractivity (Wildman–Crippen MR) is 98.2 cm³/mol. The fourth-order valence-electron chi connectivity index (χ4n) is 2.47. The first kappa shape index (κ1) is 17.2. The van der Waals surface area contributed by atoms with Crippen molar-refractivity contribution >= 4 is 6.08 Å². The van der Waals surface area contributed by atoms with Gasteiger partial charge in [0.1, 0.15) is 0 Å². The van der Waals surface area contributed by atoms with Crippen LogP contribution in [-0.4, -0.2) is 23.8 Å². The number of rotatable bonds is 9. The van der Waals surface area contributed by atoms with E-state index in [1.807, 2.05) is 54.6 Å². The molecule has 23 heavy (non-hydrogen) atoms. The van der Waals surface area contributed by atoms with Gasteiger partial charge in [0.2, 0.25) is 0 Å². The Labute approximate surface area is 139 Å². The van der Waals surface area contributed by atoms with E-state index in [0.717, 1.165) is 18.4 Å². The van der Waals surface area contributed by atoms with Gasteiger partial charge in [-0.2, -0.15) is 0 Å². The van der Waals surface area contributed by atoms with Crippen LogP contribution in [0, 0.1) is 0 Å². The Balaban J connectivity index is 1.95. The molecule has 0 saturated carbocycles. The Morgan fingerprint density at radius 3 is 2.30 bits per heavy atom. The lowest BCUT2D eigenvalue weighted by Gasteiger charge is -2.21. The molecule has 2 aromatic carbocycles. The zero-order valence-corrected chi connectivity index (χ0v) is 13.4. The van der Waals surface area contributed by atoms with Crippen molar-refractivity contribution in [3.8, 4) is 0 Å². The SMILES string of the molecule is C=CCN[C@@H](/C=C/c1ccccc1)[C@H](O)CCc1ccccc1. The average Bonchev–Trinajstić information content (AvgIpc) is 2.61. The molecule has 120 valence electrons. The molecule has 0 spiro atoms. The summed E-state index contributed by atoms with van der Waals surface area (Å²) in [5.74, 6) is 0.